The molecular weight excluding hydrogens is 320 g/mol. The van der Waals surface area contributed by atoms with Crippen molar-refractivity contribution in [1.82, 2.24) is 5.32 Å². The molecule has 1 heterocycles. The number of fused-ring (bicyclic) bond motifs is 1. The maximum atomic E-state index is 12.5. The zero-order valence-electron chi connectivity index (χ0n) is 14.0. The second-order valence-electron chi connectivity index (χ2n) is 5.61. The van der Waals surface area contributed by atoms with Crippen LogP contribution in [-0.2, 0) is 6.54 Å². The second kappa shape index (κ2) is 7.62. The van der Waals surface area contributed by atoms with Gasteiger partial charge in [-0.05, 0) is 31.2 Å². The highest BCUT2D eigenvalue weighted by Crippen LogP contribution is 2.35. The average Bonchev–Trinajstić information content (AvgIpc) is 2.65. The number of hydrogen-bond acceptors (Lipinski definition) is 4. The van der Waals surface area contributed by atoms with Crippen molar-refractivity contribution in [1.29, 1.82) is 0 Å². The molecule has 0 atom stereocenters. The maximum absolute atomic E-state index is 12.5. The summed E-state index contributed by atoms with van der Waals surface area (Å²) in [4.78, 5) is 16.1. The molecular formula is C19H22N2O2S. The van der Waals surface area contributed by atoms with E-state index in [-0.39, 0.29) is 5.91 Å². The van der Waals surface area contributed by atoms with E-state index in [9.17, 15) is 4.79 Å². The highest BCUT2D eigenvalue weighted by atomic mass is 32.2. The van der Waals surface area contributed by atoms with Crippen LogP contribution in [0.4, 0.5) is 5.69 Å². The summed E-state index contributed by atoms with van der Waals surface area (Å²) in [5, 5.41) is 2.99. The van der Waals surface area contributed by atoms with E-state index in [0.29, 0.717) is 12.1 Å². The first-order valence-electron chi connectivity index (χ1n) is 8.14. The molecule has 126 valence electrons. The van der Waals surface area contributed by atoms with Crippen molar-refractivity contribution in [2.45, 2.75) is 18.4 Å². The van der Waals surface area contributed by atoms with E-state index in [1.165, 1.54) is 10.6 Å². The number of nitrogens with one attached hydrogen (secondary N) is 1. The smallest absolute Gasteiger partial charge is 0.251 e. The third-order valence-electron chi connectivity index (χ3n) is 4.19. The molecule has 0 saturated carbocycles. The molecule has 2 aromatic rings. The lowest BCUT2D eigenvalue weighted by Gasteiger charge is -2.30. The number of ether oxygens (including phenoxy) is 1. The summed E-state index contributed by atoms with van der Waals surface area (Å²) in [6.45, 7) is 4.58. The van der Waals surface area contributed by atoms with Crippen molar-refractivity contribution < 1.29 is 9.53 Å². The minimum atomic E-state index is -0.0599. The molecule has 0 fully saturated rings. The molecule has 1 aliphatic heterocycles. The molecule has 0 saturated heterocycles. The summed E-state index contributed by atoms with van der Waals surface area (Å²) in [6.07, 6.45) is 0. The molecule has 3 rings (SSSR count). The average molecular weight is 342 g/mol. The van der Waals surface area contributed by atoms with Gasteiger partial charge < -0.3 is 15.0 Å². The number of thioether (sulfide) groups is 1. The quantitative estimate of drug-likeness (QED) is 0.902. The highest BCUT2D eigenvalue weighted by Gasteiger charge is 2.18. The van der Waals surface area contributed by atoms with Crippen LogP contribution in [0.1, 0.15) is 22.8 Å². The molecule has 1 aliphatic rings. The zero-order chi connectivity index (χ0) is 16.9. The van der Waals surface area contributed by atoms with Crippen LogP contribution in [0.2, 0.25) is 0 Å². The number of carbonyl (C=O) groups is 1. The van der Waals surface area contributed by atoms with E-state index in [2.05, 4.69) is 23.2 Å². The molecule has 2 aromatic carbocycles. The van der Waals surface area contributed by atoms with Gasteiger partial charge in [0.15, 0.2) is 0 Å². The number of carbonyl (C=O) groups excluding carboxylic acids is 1. The first-order valence-corrected chi connectivity index (χ1v) is 9.13. The van der Waals surface area contributed by atoms with Crippen LogP contribution in [0.25, 0.3) is 0 Å². The minimum Gasteiger partial charge on any atom is -0.496 e. The van der Waals surface area contributed by atoms with Crippen molar-refractivity contribution in [2.75, 3.05) is 30.9 Å². The lowest BCUT2D eigenvalue weighted by Crippen LogP contribution is -2.29. The van der Waals surface area contributed by atoms with Gasteiger partial charge in [0.1, 0.15) is 5.75 Å². The van der Waals surface area contributed by atoms with Gasteiger partial charge in [0.25, 0.3) is 5.91 Å². The van der Waals surface area contributed by atoms with Crippen molar-refractivity contribution in [2.24, 2.45) is 0 Å². The Labute approximate surface area is 147 Å². The lowest BCUT2D eigenvalue weighted by molar-refractivity contribution is 0.0950. The van der Waals surface area contributed by atoms with Gasteiger partial charge in [-0.15, -0.1) is 11.8 Å². The monoisotopic (exact) mass is 342 g/mol. The van der Waals surface area contributed by atoms with E-state index in [1.54, 1.807) is 7.11 Å². The molecule has 0 unspecified atom stereocenters. The molecule has 5 heteroatoms. The molecule has 0 aromatic heterocycles. The van der Waals surface area contributed by atoms with Crippen molar-refractivity contribution in [3.05, 3.63) is 53.6 Å². The van der Waals surface area contributed by atoms with Gasteiger partial charge in [0, 0.05) is 41.4 Å². The van der Waals surface area contributed by atoms with E-state index in [4.69, 9.17) is 4.74 Å². The molecule has 1 N–H and O–H groups in total. The fourth-order valence-corrected chi connectivity index (χ4v) is 3.90. The number of hydrogen-bond donors (Lipinski definition) is 1. The van der Waals surface area contributed by atoms with Gasteiger partial charge in [-0.3, -0.25) is 4.79 Å². The van der Waals surface area contributed by atoms with E-state index in [0.717, 1.165) is 30.2 Å². The van der Waals surface area contributed by atoms with Gasteiger partial charge in [-0.1, -0.05) is 18.2 Å². The summed E-state index contributed by atoms with van der Waals surface area (Å²) in [7, 11) is 1.64. The SMILES string of the molecule is CCN1CCSc2ccc(C(=O)NCc3ccccc3OC)cc21. The van der Waals surface area contributed by atoms with Crippen LogP contribution in [0, 0.1) is 0 Å². The number of para-hydroxylation sites is 1. The Morgan fingerprint density at radius 3 is 2.92 bits per heavy atom. The van der Waals surface area contributed by atoms with Crippen LogP contribution >= 0.6 is 11.8 Å². The normalized spacial score (nSPS) is 13.3. The first-order chi connectivity index (χ1) is 11.7. The van der Waals surface area contributed by atoms with Gasteiger partial charge in [-0.25, -0.2) is 0 Å². The highest BCUT2D eigenvalue weighted by molar-refractivity contribution is 7.99. The number of methoxy groups -OCH3 is 1. The molecule has 0 spiro atoms. The summed E-state index contributed by atoms with van der Waals surface area (Å²) in [5.74, 6) is 1.83. The zero-order valence-corrected chi connectivity index (χ0v) is 14.9. The second-order valence-corrected chi connectivity index (χ2v) is 6.74. The molecule has 4 nitrogen and oxygen atoms in total. The van der Waals surface area contributed by atoms with Crippen LogP contribution in [-0.4, -0.2) is 31.9 Å². The van der Waals surface area contributed by atoms with Crippen LogP contribution in [0.15, 0.2) is 47.4 Å². The summed E-state index contributed by atoms with van der Waals surface area (Å²) in [5.41, 5.74) is 2.83. The van der Waals surface area contributed by atoms with Gasteiger partial charge in [0.2, 0.25) is 0 Å². The Balaban J connectivity index is 1.74. The Kier molecular flexibility index (Phi) is 5.30. The molecule has 0 bridgehead atoms. The Morgan fingerprint density at radius 1 is 1.29 bits per heavy atom. The Morgan fingerprint density at radius 2 is 2.12 bits per heavy atom. The molecule has 0 radical (unpaired) electrons. The van der Waals surface area contributed by atoms with E-state index >= 15 is 0 Å². The minimum absolute atomic E-state index is 0.0599. The van der Waals surface area contributed by atoms with Crippen LogP contribution in [0.5, 0.6) is 5.75 Å². The lowest BCUT2D eigenvalue weighted by atomic mass is 10.1. The summed E-state index contributed by atoms with van der Waals surface area (Å²) in [6, 6.07) is 13.7. The van der Waals surface area contributed by atoms with Gasteiger partial charge in [0.05, 0.1) is 12.8 Å². The molecule has 0 aliphatic carbocycles. The Hall–Kier alpha value is -2.14. The molecule has 1 amide bonds. The molecule has 24 heavy (non-hydrogen) atoms. The Bertz CT molecular complexity index is 733. The van der Waals surface area contributed by atoms with Gasteiger partial charge >= 0.3 is 0 Å². The standard InChI is InChI=1S/C19H22N2O2S/c1-3-21-10-11-24-18-9-8-14(12-16(18)21)19(22)20-13-15-6-4-5-7-17(15)23-2/h4-9,12H,3,10-11,13H2,1-2H3,(H,20,22). The fraction of sp³-hybridized carbons (Fsp3) is 0.316. The summed E-state index contributed by atoms with van der Waals surface area (Å²) < 4.78 is 5.33. The third kappa shape index (κ3) is 3.51. The summed E-state index contributed by atoms with van der Waals surface area (Å²) >= 11 is 1.85. The number of anilines is 1. The van der Waals surface area contributed by atoms with Gasteiger partial charge in [-0.2, -0.15) is 0 Å². The van der Waals surface area contributed by atoms with Crippen LogP contribution in [0.3, 0.4) is 0 Å². The van der Waals surface area contributed by atoms with Crippen LogP contribution < -0.4 is 15.0 Å². The largest absolute Gasteiger partial charge is 0.496 e. The number of benzene rings is 2. The predicted molar refractivity (Wildman–Crippen MR) is 99.2 cm³/mol. The van der Waals surface area contributed by atoms with E-state index in [1.807, 2.05) is 48.2 Å². The third-order valence-corrected chi connectivity index (χ3v) is 5.24. The predicted octanol–water partition coefficient (Wildman–Crippen LogP) is 3.56. The van der Waals surface area contributed by atoms with Crippen molar-refractivity contribution in [3.8, 4) is 5.75 Å². The number of rotatable bonds is 5. The van der Waals surface area contributed by atoms with Crippen molar-refractivity contribution in [3.63, 3.8) is 0 Å². The van der Waals surface area contributed by atoms with Crippen molar-refractivity contribution >= 4 is 23.4 Å². The number of amides is 1. The topological polar surface area (TPSA) is 41.6 Å². The first kappa shape index (κ1) is 16.7. The van der Waals surface area contributed by atoms with E-state index < -0.39 is 0 Å². The maximum Gasteiger partial charge on any atom is 0.251 e. The number of nitrogens with zero attached hydrogens (tertiary/aromatic N) is 1. The fourth-order valence-electron chi connectivity index (χ4n) is 2.87.